The number of benzene rings is 1. The molecule has 1 aromatic carbocycles. The molecule has 0 aliphatic carbocycles. The van der Waals surface area contributed by atoms with Crippen molar-refractivity contribution < 1.29 is 13.2 Å². The highest BCUT2D eigenvalue weighted by atomic mass is 19.4. The lowest BCUT2D eigenvalue weighted by molar-refractivity contribution is -0.137. The zero-order valence-electron chi connectivity index (χ0n) is 13.7. The number of fused-ring (bicyclic) bond motifs is 1. The van der Waals surface area contributed by atoms with E-state index in [0.717, 1.165) is 31.8 Å². The number of alkyl halides is 3. The number of halogens is 3. The summed E-state index contributed by atoms with van der Waals surface area (Å²) in [7, 11) is 0. The Morgan fingerprint density at radius 3 is 2.64 bits per heavy atom. The first-order valence-electron chi connectivity index (χ1n) is 8.42. The van der Waals surface area contributed by atoms with E-state index >= 15 is 0 Å². The fourth-order valence-corrected chi connectivity index (χ4v) is 3.70. The third-order valence-electron chi connectivity index (χ3n) is 5.01. The summed E-state index contributed by atoms with van der Waals surface area (Å²) in [5, 5.41) is 11.7. The van der Waals surface area contributed by atoms with E-state index in [1.807, 2.05) is 0 Å². The van der Waals surface area contributed by atoms with Gasteiger partial charge in [-0.15, -0.1) is 5.10 Å². The van der Waals surface area contributed by atoms with Gasteiger partial charge in [0.2, 0.25) is 0 Å². The Hall–Kier alpha value is -2.00. The van der Waals surface area contributed by atoms with Crippen LogP contribution in [0.1, 0.15) is 24.2 Å². The van der Waals surface area contributed by atoms with Gasteiger partial charge in [-0.2, -0.15) is 17.9 Å². The largest absolute Gasteiger partial charge is 0.416 e. The van der Waals surface area contributed by atoms with Crippen LogP contribution in [0.2, 0.25) is 0 Å². The first-order valence-corrected chi connectivity index (χ1v) is 8.42. The molecule has 25 heavy (non-hydrogen) atoms. The molecule has 6 nitrogen and oxygen atoms in total. The van der Waals surface area contributed by atoms with Gasteiger partial charge in [0.15, 0.2) is 5.82 Å². The van der Waals surface area contributed by atoms with Crippen molar-refractivity contribution in [2.45, 2.75) is 31.6 Å². The third kappa shape index (κ3) is 3.38. The van der Waals surface area contributed by atoms with E-state index in [0.29, 0.717) is 24.1 Å². The molecule has 134 valence electrons. The van der Waals surface area contributed by atoms with Crippen LogP contribution in [0.5, 0.6) is 0 Å². The van der Waals surface area contributed by atoms with Crippen LogP contribution in [0, 0.1) is 0 Å². The Labute approximate surface area is 143 Å². The molecule has 2 aliphatic heterocycles. The lowest BCUT2D eigenvalue weighted by Gasteiger charge is -2.37. The topological polar surface area (TPSA) is 50.1 Å². The average Bonchev–Trinajstić information content (AvgIpc) is 3.23. The standard InChI is InChI=1S/C16H19F3N6/c17-16(18,19)12-3-5-13(6-4-12)25-15(20-21-22-25)11-23-8-9-24-7-1-2-14(24)10-23/h3-6,14H,1-2,7-11H2. The minimum Gasteiger partial charge on any atom is -0.298 e. The minimum absolute atomic E-state index is 0.535. The molecule has 0 bridgehead atoms. The highest BCUT2D eigenvalue weighted by Crippen LogP contribution is 2.29. The predicted molar refractivity (Wildman–Crippen MR) is 84.0 cm³/mol. The van der Waals surface area contributed by atoms with Crippen LogP contribution in [-0.2, 0) is 12.7 Å². The second-order valence-electron chi connectivity index (χ2n) is 6.62. The maximum atomic E-state index is 12.7. The van der Waals surface area contributed by atoms with Gasteiger partial charge in [0.05, 0.1) is 17.8 Å². The molecule has 1 atom stereocenters. The highest BCUT2D eigenvalue weighted by Gasteiger charge is 2.32. The number of hydrogen-bond donors (Lipinski definition) is 0. The second kappa shape index (κ2) is 6.38. The molecule has 3 heterocycles. The van der Waals surface area contributed by atoms with E-state index in [9.17, 15) is 13.2 Å². The third-order valence-corrected chi connectivity index (χ3v) is 5.01. The van der Waals surface area contributed by atoms with Gasteiger partial charge in [0.25, 0.3) is 0 Å². The summed E-state index contributed by atoms with van der Waals surface area (Å²) in [5.74, 6) is 0.645. The van der Waals surface area contributed by atoms with E-state index in [1.165, 1.54) is 36.2 Å². The SMILES string of the molecule is FC(F)(F)c1ccc(-n2nnnc2CN2CCN3CCCC3C2)cc1. The van der Waals surface area contributed by atoms with Crippen LogP contribution in [0.25, 0.3) is 5.69 Å². The molecular formula is C16H19F3N6. The van der Waals surface area contributed by atoms with Crippen molar-refractivity contribution in [2.24, 2.45) is 0 Å². The van der Waals surface area contributed by atoms with Crippen molar-refractivity contribution in [3.8, 4) is 5.69 Å². The number of piperazine rings is 1. The van der Waals surface area contributed by atoms with Crippen molar-refractivity contribution in [1.82, 2.24) is 30.0 Å². The fraction of sp³-hybridized carbons (Fsp3) is 0.562. The first kappa shape index (κ1) is 16.5. The van der Waals surface area contributed by atoms with Gasteiger partial charge in [-0.25, -0.2) is 0 Å². The van der Waals surface area contributed by atoms with Crippen LogP contribution < -0.4 is 0 Å². The Bertz CT molecular complexity index is 726. The number of hydrogen-bond acceptors (Lipinski definition) is 5. The van der Waals surface area contributed by atoms with Gasteiger partial charge >= 0.3 is 6.18 Å². The highest BCUT2D eigenvalue weighted by molar-refractivity contribution is 5.35. The summed E-state index contributed by atoms with van der Waals surface area (Å²) in [6, 6.07) is 5.51. The zero-order chi connectivity index (χ0) is 17.4. The Morgan fingerprint density at radius 2 is 1.88 bits per heavy atom. The van der Waals surface area contributed by atoms with Crippen LogP contribution in [0.3, 0.4) is 0 Å². The summed E-state index contributed by atoms with van der Waals surface area (Å²) in [4.78, 5) is 4.84. The van der Waals surface area contributed by atoms with E-state index in [1.54, 1.807) is 0 Å². The molecule has 2 aliphatic rings. The van der Waals surface area contributed by atoms with E-state index in [-0.39, 0.29) is 0 Å². The predicted octanol–water partition coefficient (Wildman–Crippen LogP) is 1.96. The lowest BCUT2D eigenvalue weighted by atomic mass is 10.1. The van der Waals surface area contributed by atoms with E-state index in [4.69, 9.17) is 0 Å². The lowest BCUT2D eigenvalue weighted by Crippen LogP contribution is -2.49. The minimum atomic E-state index is -4.34. The fourth-order valence-electron chi connectivity index (χ4n) is 3.70. The molecule has 1 aromatic heterocycles. The molecule has 0 amide bonds. The molecular weight excluding hydrogens is 333 g/mol. The van der Waals surface area contributed by atoms with Gasteiger partial charge in [-0.1, -0.05) is 0 Å². The Morgan fingerprint density at radius 1 is 1.08 bits per heavy atom. The van der Waals surface area contributed by atoms with Crippen molar-refractivity contribution in [3.63, 3.8) is 0 Å². The molecule has 0 radical (unpaired) electrons. The molecule has 0 N–H and O–H groups in total. The van der Waals surface area contributed by atoms with E-state index in [2.05, 4.69) is 25.3 Å². The summed E-state index contributed by atoms with van der Waals surface area (Å²) in [5.41, 5.74) is -0.143. The molecule has 9 heteroatoms. The summed E-state index contributed by atoms with van der Waals surface area (Å²) in [6.07, 6.45) is -1.87. The monoisotopic (exact) mass is 352 g/mol. The van der Waals surface area contributed by atoms with Gasteiger partial charge in [0, 0.05) is 25.7 Å². The van der Waals surface area contributed by atoms with Crippen molar-refractivity contribution in [3.05, 3.63) is 35.7 Å². The van der Waals surface area contributed by atoms with Gasteiger partial charge in [-0.3, -0.25) is 9.80 Å². The summed E-state index contributed by atoms with van der Waals surface area (Å²) < 4.78 is 39.6. The molecule has 0 spiro atoms. The Balaban J connectivity index is 1.49. The number of rotatable bonds is 3. The van der Waals surface area contributed by atoms with Crippen LogP contribution in [-0.4, -0.2) is 62.2 Å². The zero-order valence-corrected chi connectivity index (χ0v) is 13.7. The molecule has 2 aromatic rings. The smallest absolute Gasteiger partial charge is 0.298 e. The van der Waals surface area contributed by atoms with Gasteiger partial charge < -0.3 is 0 Å². The van der Waals surface area contributed by atoms with Gasteiger partial charge in [-0.05, 0) is 54.1 Å². The quantitative estimate of drug-likeness (QED) is 0.845. The number of aromatic nitrogens is 4. The van der Waals surface area contributed by atoms with Crippen molar-refractivity contribution in [2.75, 3.05) is 26.2 Å². The van der Waals surface area contributed by atoms with Crippen LogP contribution >= 0.6 is 0 Å². The summed E-state index contributed by atoms with van der Waals surface area (Å²) in [6.45, 7) is 4.77. The molecule has 2 saturated heterocycles. The van der Waals surface area contributed by atoms with Crippen LogP contribution in [0.4, 0.5) is 13.2 Å². The van der Waals surface area contributed by atoms with Crippen LogP contribution in [0.15, 0.2) is 24.3 Å². The molecule has 4 rings (SSSR count). The molecule has 0 saturated carbocycles. The number of nitrogens with zero attached hydrogens (tertiary/aromatic N) is 6. The van der Waals surface area contributed by atoms with Crippen molar-refractivity contribution >= 4 is 0 Å². The van der Waals surface area contributed by atoms with Crippen molar-refractivity contribution in [1.29, 1.82) is 0 Å². The molecule has 1 unspecified atom stereocenters. The summed E-state index contributed by atoms with van der Waals surface area (Å²) >= 11 is 0. The maximum absolute atomic E-state index is 12.7. The van der Waals surface area contributed by atoms with Gasteiger partial charge in [0.1, 0.15) is 0 Å². The normalized spacial score (nSPS) is 22.3. The number of tetrazole rings is 1. The first-order chi connectivity index (χ1) is 12.0. The second-order valence-corrected chi connectivity index (χ2v) is 6.62. The molecule has 2 fully saturated rings. The average molecular weight is 352 g/mol. The van der Waals surface area contributed by atoms with E-state index < -0.39 is 11.7 Å². The maximum Gasteiger partial charge on any atom is 0.416 e. The Kier molecular flexibility index (Phi) is 4.20.